The molecule has 2 aliphatic heterocycles. The molecule has 0 fully saturated rings. The van der Waals surface area contributed by atoms with Crippen LogP contribution in [0.15, 0.2) is 48.5 Å². The number of hydrogen-bond acceptors (Lipinski definition) is 4. The Kier molecular flexibility index (Phi) is 3.72. The van der Waals surface area contributed by atoms with Crippen LogP contribution < -0.4 is 15.4 Å². The molecule has 3 aromatic rings. The van der Waals surface area contributed by atoms with Crippen molar-refractivity contribution in [2.75, 3.05) is 10.6 Å². The number of nitrogens with one attached hydrogen (secondary N) is 2. The Hall–Kier alpha value is -3.12. The molecule has 0 unspecified atom stereocenters. The van der Waals surface area contributed by atoms with Gasteiger partial charge in [0.25, 0.3) is 5.91 Å². The third kappa shape index (κ3) is 2.88. The van der Waals surface area contributed by atoms with E-state index in [4.69, 9.17) is 4.74 Å². The lowest BCUT2D eigenvalue weighted by Crippen LogP contribution is -2.19. The molecule has 3 heterocycles. The van der Waals surface area contributed by atoms with Crippen LogP contribution in [0.1, 0.15) is 27.2 Å². The first-order chi connectivity index (χ1) is 13.2. The molecule has 134 valence electrons. The fraction of sp³-hybridized carbons (Fsp3) is 0.143. The molecular formula is C21H16N2O3S. The lowest BCUT2D eigenvalue weighted by atomic mass is 10.0. The van der Waals surface area contributed by atoms with Gasteiger partial charge in [-0.05, 0) is 48.4 Å². The summed E-state index contributed by atoms with van der Waals surface area (Å²) in [6, 6.07) is 15.4. The van der Waals surface area contributed by atoms with Crippen molar-refractivity contribution >= 4 is 34.5 Å². The molecule has 0 bridgehead atoms. The lowest BCUT2D eigenvalue weighted by molar-refractivity contribution is -0.116. The van der Waals surface area contributed by atoms with Gasteiger partial charge in [0.2, 0.25) is 5.91 Å². The molecule has 0 aliphatic carbocycles. The number of thiophene rings is 1. The number of carbonyl (C=O) groups excluding carboxylic acids is 2. The summed E-state index contributed by atoms with van der Waals surface area (Å²) in [6.45, 7) is 0.481. The van der Waals surface area contributed by atoms with Crippen molar-refractivity contribution in [1.29, 1.82) is 0 Å². The van der Waals surface area contributed by atoms with Crippen LogP contribution in [-0.4, -0.2) is 11.8 Å². The Morgan fingerprint density at radius 1 is 1.07 bits per heavy atom. The van der Waals surface area contributed by atoms with E-state index in [0.717, 1.165) is 38.7 Å². The van der Waals surface area contributed by atoms with Gasteiger partial charge in [0.1, 0.15) is 12.4 Å². The van der Waals surface area contributed by atoms with Crippen molar-refractivity contribution in [3.63, 3.8) is 0 Å². The van der Waals surface area contributed by atoms with E-state index < -0.39 is 0 Å². The van der Waals surface area contributed by atoms with E-state index in [1.807, 2.05) is 48.5 Å². The Morgan fingerprint density at radius 2 is 1.96 bits per heavy atom. The van der Waals surface area contributed by atoms with Crippen LogP contribution in [0.4, 0.5) is 11.4 Å². The number of rotatable bonds is 2. The third-order valence-corrected chi connectivity index (χ3v) is 6.02. The van der Waals surface area contributed by atoms with Crippen LogP contribution in [-0.2, 0) is 17.8 Å². The van der Waals surface area contributed by atoms with Gasteiger partial charge in [-0.1, -0.05) is 12.1 Å². The predicted molar refractivity (Wildman–Crippen MR) is 105 cm³/mol. The Balaban J connectivity index is 1.40. The number of carbonyl (C=O) groups is 2. The van der Waals surface area contributed by atoms with Gasteiger partial charge in [-0.3, -0.25) is 9.59 Å². The van der Waals surface area contributed by atoms with Crippen LogP contribution >= 0.6 is 11.3 Å². The van der Waals surface area contributed by atoms with E-state index >= 15 is 0 Å². The maximum absolute atomic E-state index is 12.8. The first-order valence-corrected chi connectivity index (χ1v) is 9.58. The van der Waals surface area contributed by atoms with E-state index in [9.17, 15) is 9.59 Å². The first-order valence-electron chi connectivity index (χ1n) is 8.76. The zero-order chi connectivity index (χ0) is 18.4. The lowest BCUT2D eigenvalue weighted by Gasteiger charge is -2.17. The molecule has 5 rings (SSSR count). The molecule has 2 N–H and O–H groups in total. The first kappa shape index (κ1) is 16.1. The number of para-hydroxylation sites is 1. The Labute approximate surface area is 160 Å². The molecule has 0 spiro atoms. The summed E-state index contributed by atoms with van der Waals surface area (Å²) in [5.41, 5.74) is 4.67. The minimum atomic E-state index is -0.133. The molecule has 27 heavy (non-hydrogen) atoms. The second kappa shape index (κ2) is 6.25. The van der Waals surface area contributed by atoms with Crippen LogP contribution in [0.2, 0.25) is 0 Å². The highest BCUT2D eigenvalue weighted by atomic mass is 32.1. The maximum atomic E-state index is 12.8. The SMILES string of the molecule is O=C1CCc2cc(NC(=O)c3cc4c(s3)-c3ccccc3OC4)ccc2N1. The Bertz CT molecular complexity index is 1090. The number of benzene rings is 2. The topological polar surface area (TPSA) is 67.4 Å². The van der Waals surface area contributed by atoms with Crippen molar-refractivity contribution < 1.29 is 14.3 Å². The van der Waals surface area contributed by atoms with Crippen molar-refractivity contribution in [2.45, 2.75) is 19.4 Å². The fourth-order valence-corrected chi connectivity index (χ4v) is 4.56. The van der Waals surface area contributed by atoms with E-state index in [0.29, 0.717) is 24.3 Å². The van der Waals surface area contributed by atoms with E-state index in [1.165, 1.54) is 11.3 Å². The average Bonchev–Trinajstić information content (AvgIpc) is 3.13. The highest BCUT2D eigenvalue weighted by Gasteiger charge is 2.23. The van der Waals surface area contributed by atoms with Gasteiger partial charge in [-0.15, -0.1) is 11.3 Å². The van der Waals surface area contributed by atoms with Gasteiger partial charge in [0, 0.05) is 33.8 Å². The third-order valence-electron chi connectivity index (χ3n) is 4.81. The molecular weight excluding hydrogens is 360 g/mol. The predicted octanol–water partition coefficient (Wildman–Crippen LogP) is 4.44. The van der Waals surface area contributed by atoms with Crippen molar-refractivity contribution in [3.05, 3.63) is 64.5 Å². The summed E-state index contributed by atoms with van der Waals surface area (Å²) >= 11 is 1.49. The zero-order valence-electron chi connectivity index (χ0n) is 14.4. The number of fused-ring (bicyclic) bond motifs is 4. The second-order valence-corrected chi connectivity index (χ2v) is 7.68. The van der Waals surface area contributed by atoms with Gasteiger partial charge in [0.05, 0.1) is 4.88 Å². The average molecular weight is 376 g/mol. The van der Waals surface area contributed by atoms with E-state index in [1.54, 1.807) is 0 Å². The number of amides is 2. The zero-order valence-corrected chi connectivity index (χ0v) is 15.2. The summed E-state index contributed by atoms with van der Waals surface area (Å²) in [4.78, 5) is 26.0. The smallest absolute Gasteiger partial charge is 0.265 e. The molecule has 2 amide bonds. The van der Waals surface area contributed by atoms with Gasteiger partial charge in [-0.25, -0.2) is 0 Å². The maximum Gasteiger partial charge on any atom is 0.265 e. The number of aryl methyl sites for hydroxylation is 1. The molecule has 1 aromatic heterocycles. The molecule has 2 aliphatic rings. The summed E-state index contributed by atoms with van der Waals surface area (Å²) in [7, 11) is 0. The summed E-state index contributed by atoms with van der Waals surface area (Å²) in [6.07, 6.45) is 1.16. The van der Waals surface area contributed by atoms with Crippen molar-refractivity contribution in [1.82, 2.24) is 0 Å². The molecule has 6 heteroatoms. The number of anilines is 2. The van der Waals surface area contributed by atoms with Crippen LogP contribution in [0.5, 0.6) is 5.75 Å². The fourth-order valence-electron chi connectivity index (χ4n) is 3.47. The highest BCUT2D eigenvalue weighted by Crippen LogP contribution is 2.42. The second-order valence-electron chi connectivity index (χ2n) is 6.62. The molecule has 0 radical (unpaired) electrons. The quantitative estimate of drug-likeness (QED) is 0.695. The molecule has 0 atom stereocenters. The number of hydrogen-bond donors (Lipinski definition) is 2. The minimum absolute atomic E-state index is 0.0333. The van der Waals surface area contributed by atoms with Crippen LogP contribution in [0, 0.1) is 0 Å². The Morgan fingerprint density at radius 3 is 2.89 bits per heavy atom. The van der Waals surface area contributed by atoms with Gasteiger partial charge < -0.3 is 15.4 Å². The van der Waals surface area contributed by atoms with E-state index in [2.05, 4.69) is 10.6 Å². The molecule has 0 saturated carbocycles. The highest BCUT2D eigenvalue weighted by molar-refractivity contribution is 7.17. The van der Waals surface area contributed by atoms with Gasteiger partial charge in [0.15, 0.2) is 0 Å². The van der Waals surface area contributed by atoms with E-state index in [-0.39, 0.29) is 11.8 Å². The standard InChI is InChI=1S/C21H16N2O3S/c24-19-8-5-12-9-14(6-7-16(12)23-19)22-21(25)18-10-13-11-26-17-4-2-1-3-15(17)20(13)27-18/h1-4,6-7,9-10H,5,8,11H2,(H,22,25)(H,23,24). The molecule has 2 aromatic carbocycles. The van der Waals surface area contributed by atoms with Gasteiger partial charge >= 0.3 is 0 Å². The summed E-state index contributed by atoms with van der Waals surface area (Å²) in [5.74, 6) is 0.758. The largest absolute Gasteiger partial charge is 0.488 e. The van der Waals surface area contributed by atoms with Crippen molar-refractivity contribution in [2.24, 2.45) is 0 Å². The van der Waals surface area contributed by atoms with Crippen molar-refractivity contribution in [3.8, 4) is 16.2 Å². The number of ether oxygens (including phenoxy) is 1. The van der Waals surface area contributed by atoms with Crippen LogP contribution in [0.25, 0.3) is 10.4 Å². The summed E-state index contributed by atoms with van der Waals surface area (Å²) < 4.78 is 5.77. The van der Waals surface area contributed by atoms with Crippen LogP contribution in [0.3, 0.4) is 0 Å². The molecule has 5 nitrogen and oxygen atoms in total. The van der Waals surface area contributed by atoms with Gasteiger partial charge in [-0.2, -0.15) is 0 Å². The normalized spacial score (nSPS) is 14.3. The monoisotopic (exact) mass is 376 g/mol. The summed E-state index contributed by atoms with van der Waals surface area (Å²) in [5, 5.41) is 5.82. The molecule has 0 saturated heterocycles. The minimum Gasteiger partial charge on any atom is -0.488 e.